The topological polar surface area (TPSA) is 498 Å². The first-order valence-corrected chi connectivity index (χ1v) is 25.8. The molecular formula is C40H29N12O19S4-7. The first-order chi connectivity index (χ1) is 35.0. The zero-order valence-electron chi connectivity index (χ0n) is 37.1. The molecule has 0 saturated carbocycles. The Kier molecular flexibility index (Phi) is 16.6. The lowest BCUT2D eigenvalue weighted by molar-refractivity contribution is -0.306. The van der Waals surface area contributed by atoms with Crippen LogP contribution >= 0.6 is 0 Å². The zero-order chi connectivity index (χ0) is 55.0. The fourth-order valence-corrected chi connectivity index (χ4v) is 8.58. The summed E-state index contributed by atoms with van der Waals surface area (Å²) in [5, 5.41) is 44.9. The van der Waals surface area contributed by atoms with Gasteiger partial charge >= 0.3 is 0 Å². The molecule has 35 heteroatoms. The van der Waals surface area contributed by atoms with Crippen molar-refractivity contribution in [3.05, 3.63) is 96.1 Å². The Morgan fingerprint density at radius 2 is 0.747 bits per heavy atom. The van der Waals surface area contributed by atoms with E-state index in [2.05, 4.69) is 51.2 Å². The van der Waals surface area contributed by atoms with Crippen LogP contribution in [0.1, 0.15) is 11.1 Å². The molecule has 6 rings (SSSR count). The number of rotatable bonds is 24. The Morgan fingerprint density at radius 1 is 0.440 bits per heavy atom. The van der Waals surface area contributed by atoms with Gasteiger partial charge in [0.25, 0.3) is 0 Å². The molecule has 0 radical (unpaired) electrons. The standard InChI is InChI=1S/C40H36N12O19S4/c53-16-15-51(19-32(54)55)39-47-35(41-24-7-11-28(12-8-24)72(60,61)62)45-37(48-39)43-26-5-3-22(30(17-26)74(66,67)68)1-2-23-4-6-27(18-31(23)75(69,70)71)44-38-46-36(42-25-9-13-29(14-10-25)73(63,64)65)49-40(50-38)52(20-33(56)57)21-34(58)59/h1-14,16-18H,15,19-21H2,(H,54,55)(H,56,57)(H,58,59)(H,60,61,62)(H,63,64,65)(H,66,67,68)(H,69,70,71)(H2,41,43,45,47,48)(H2,42,44,46,49,50)/p-7/b2-1+. The number of carbonyl (C=O) groups excluding carboxylic acids is 4. The summed E-state index contributed by atoms with van der Waals surface area (Å²) in [7, 11) is -20.5. The smallest absolute Gasteiger partial charge is 0.233 e. The van der Waals surface area contributed by atoms with Gasteiger partial charge in [0.2, 0.25) is 35.7 Å². The second kappa shape index (κ2) is 22.5. The van der Waals surface area contributed by atoms with E-state index in [4.69, 9.17) is 0 Å². The van der Waals surface area contributed by atoms with Gasteiger partial charge in [-0.25, -0.2) is 33.7 Å². The number of hydrogen-bond acceptors (Lipinski definition) is 31. The first kappa shape index (κ1) is 55.5. The number of benzene rings is 4. The molecule has 0 saturated heterocycles. The van der Waals surface area contributed by atoms with E-state index < -0.39 is 134 Å². The minimum atomic E-state index is -5.43. The van der Waals surface area contributed by atoms with Gasteiger partial charge in [-0.2, -0.15) is 29.9 Å². The highest BCUT2D eigenvalue weighted by Gasteiger charge is 2.19. The average molecular weight is 1110 g/mol. The number of aromatic nitrogens is 6. The quantitative estimate of drug-likeness (QED) is 0.0265. The van der Waals surface area contributed by atoms with Gasteiger partial charge in [0.05, 0.1) is 63.7 Å². The van der Waals surface area contributed by atoms with Crippen LogP contribution in [-0.4, -0.2) is 132 Å². The van der Waals surface area contributed by atoms with E-state index in [1.807, 2.05) is 0 Å². The number of hydrogen-bond donors (Lipinski definition) is 4. The molecule has 0 aliphatic carbocycles. The Hall–Kier alpha value is -8.84. The van der Waals surface area contributed by atoms with Crippen LogP contribution in [0.2, 0.25) is 0 Å². The molecule has 0 bridgehead atoms. The molecule has 4 N–H and O–H groups in total. The van der Waals surface area contributed by atoms with Gasteiger partial charge in [0.15, 0.2) is 0 Å². The minimum Gasteiger partial charge on any atom is -0.744 e. The SMILES string of the molecule is O=CCN(CC(=O)[O-])c1nc(Nc2ccc(S(=O)(=O)[O-])cc2)nc(Nc2ccc(/C=C/c3ccc(Nc4nc(Nc5ccc(S(=O)(=O)[O-])cc5)nc(N(CC(=O)[O-])CC(=O)[O-])n4)cc3S(=O)(=O)[O-])c(S(=O)(=O)[O-])c2)n1. The normalized spacial score (nSPS) is 11.9. The van der Waals surface area contributed by atoms with Gasteiger partial charge < -0.3 is 83.8 Å². The molecule has 75 heavy (non-hydrogen) atoms. The van der Waals surface area contributed by atoms with Crippen LogP contribution < -0.4 is 46.4 Å². The first-order valence-electron chi connectivity index (χ1n) is 20.2. The summed E-state index contributed by atoms with van der Waals surface area (Å²) >= 11 is 0. The fourth-order valence-electron chi connectivity index (χ4n) is 6.25. The maximum Gasteiger partial charge on any atom is 0.233 e. The van der Waals surface area contributed by atoms with Crippen LogP contribution in [0.5, 0.6) is 0 Å². The van der Waals surface area contributed by atoms with Crippen LogP contribution in [-0.2, 0) is 59.7 Å². The highest BCUT2D eigenvalue weighted by Crippen LogP contribution is 2.30. The Balaban J connectivity index is 1.33. The van der Waals surface area contributed by atoms with E-state index >= 15 is 0 Å². The molecule has 0 atom stereocenters. The summed E-state index contributed by atoms with van der Waals surface area (Å²) < 4.78 is 144. The summed E-state index contributed by atoms with van der Waals surface area (Å²) in [6, 6.07) is 14.2. The molecule has 31 nitrogen and oxygen atoms in total. The highest BCUT2D eigenvalue weighted by molar-refractivity contribution is 7.86. The molecule has 0 fully saturated rings. The molecule has 2 heterocycles. The second-order valence-electron chi connectivity index (χ2n) is 14.8. The fraction of sp³-hybridized carbons (Fsp3) is 0.100. The molecule has 2 aromatic heterocycles. The van der Waals surface area contributed by atoms with E-state index in [1.54, 1.807) is 0 Å². The van der Waals surface area contributed by atoms with E-state index in [1.165, 1.54) is 6.07 Å². The number of carboxylic acid groups (broad SMARTS) is 3. The largest absolute Gasteiger partial charge is 0.744 e. The molecule has 6 aromatic rings. The lowest BCUT2D eigenvalue weighted by Gasteiger charge is -2.24. The van der Waals surface area contributed by atoms with Crippen molar-refractivity contribution in [1.82, 2.24) is 29.9 Å². The lowest BCUT2D eigenvalue weighted by Crippen LogP contribution is -2.45. The highest BCUT2D eigenvalue weighted by atomic mass is 32.2. The van der Waals surface area contributed by atoms with Crippen LogP contribution in [0.4, 0.5) is 58.4 Å². The molecule has 0 aliphatic rings. The van der Waals surface area contributed by atoms with Gasteiger partial charge in [0.1, 0.15) is 46.8 Å². The summed E-state index contributed by atoms with van der Waals surface area (Å²) in [5.41, 5.74) is -1.12. The molecule has 0 spiro atoms. The third-order valence-electron chi connectivity index (χ3n) is 9.39. The second-order valence-corrected chi connectivity index (χ2v) is 20.2. The molecule has 0 amide bonds. The number of carbonyl (C=O) groups is 4. The third kappa shape index (κ3) is 15.6. The molecule has 0 aliphatic heterocycles. The number of nitrogens with zero attached hydrogens (tertiary/aromatic N) is 8. The van der Waals surface area contributed by atoms with Crippen molar-refractivity contribution in [1.29, 1.82) is 0 Å². The summed E-state index contributed by atoms with van der Waals surface area (Å²) in [5.74, 6) is -8.25. The van der Waals surface area contributed by atoms with Crippen molar-refractivity contribution >= 4 is 135 Å². The maximum atomic E-state index is 12.6. The van der Waals surface area contributed by atoms with Gasteiger partial charge in [-0.1, -0.05) is 24.3 Å². The van der Waals surface area contributed by atoms with Crippen molar-refractivity contribution in [2.45, 2.75) is 19.6 Å². The summed E-state index contributed by atoms with van der Waals surface area (Å²) in [6.45, 7) is -3.74. The van der Waals surface area contributed by atoms with Crippen molar-refractivity contribution < 1.29 is 86.4 Å². The van der Waals surface area contributed by atoms with Crippen molar-refractivity contribution in [3.8, 4) is 0 Å². The predicted molar refractivity (Wildman–Crippen MR) is 245 cm³/mol. The number of anilines is 10. The Bertz CT molecular complexity index is 3690. The predicted octanol–water partition coefficient (Wildman–Crippen LogP) is -3.12. The molecule has 394 valence electrons. The molecular weight excluding hydrogens is 1080 g/mol. The maximum absolute atomic E-state index is 12.6. The number of carboxylic acids is 3. The number of aldehydes is 1. The van der Waals surface area contributed by atoms with Crippen LogP contribution in [0.15, 0.2) is 105 Å². The Morgan fingerprint density at radius 3 is 1.05 bits per heavy atom. The van der Waals surface area contributed by atoms with Crippen LogP contribution in [0.25, 0.3) is 12.2 Å². The Labute approximate surface area is 422 Å². The van der Waals surface area contributed by atoms with Gasteiger partial charge in [-0.3, -0.25) is 0 Å². The zero-order valence-corrected chi connectivity index (χ0v) is 40.4. The van der Waals surface area contributed by atoms with Gasteiger partial charge in [-0.05, 0) is 83.9 Å². The van der Waals surface area contributed by atoms with Crippen molar-refractivity contribution in [2.24, 2.45) is 0 Å². The summed E-state index contributed by atoms with van der Waals surface area (Å²) in [6.07, 6.45) is 2.21. The van der Waals surface area contributed by atoms with Crippen molar-refractivity contribution in [3.63, 3.8) is 0 Å². The summed E-state index contributed by atoms with van der Waals surface area (Å²) in [4.78, 5) is 68.5. The molecule has 0 unspecified atom stereocenters. The van der Waals surface area contributed by atoms with E-state index in [0.29, 0.717) is 11.2 Å². The van der Waals surface area contributed by atoms with Crippen molar-refractivity contribution in [2.75, 3.05) is 57.2 Å². The lowest BCUT2D eigenvalue weighted by atomic mass is 10.1. The monoisotopic (exact) mass is 1110 g/mol. The average Bonchev–Trinajstić information content (AvgIpc) is 3.29. The van der Waals surface area contributed by atoms with Crippen LogP contribution in [0, 0.1) is 0 Å². The minimum absolute atomic E-state index is 0.0354. The molecule has 4 aromatic carbocycles. The number of nitrogens with one attached hydrogen (secondary N) is 4. The van der Waals surface area contributed by atoms with Gasteiger partial charge in [0, 0.05) is 22.7 Å². The number of aliphatic carboxylic acids is 3. The van der Waals surface area contributed by atoms with E-state index in [9.17, 15) is 86.4 Å². The van der Waals surface area contributed by atoms with E-state index in [0.717, 1.165) is 95.9 Å². The van der Waals surface area contributed by atoms with Crippen LogP contribution in [0.3, 0.4) is 0 Å². The van der Waals surface area contributed by atoms with E-state index in [-0.39, 0.29) is 39.8 Å². The van der Waals surface area contributed by atoms with Gasteiger partial charge in [-0.15, -0.1) is 0 Å². The third-order valence-corrected chi connectivity index (χ3v) is 12.9.